The molecular weight excluding hydrogens is 178 g/mol. The Bertz CT molecular complexity index is 417. The number of hydrogen-bond acceptors (Lipinski definition) is 2. The zero-order chi connectivity index (χ0) is 9.26. The van der Waals surface area contributed by atoms with Crippen molar-refractivity contribution in [2.75, 3.05) is 0 Å². The van der Waals surface area contributed by atoms with Crippen LogP contribution in [-0.4, -0.2) is 4.98 Å². The van der Waals surface area contributed by atoms with Crippen molar-refractivity contribution >= 4 is 21.6 Å². The van der Waals surface area contributed by atoms with Crippen LogP contribution in [0, 0.1) is 6.92 Å². The van der Waals surface area contributed by atoms with Crippen molar-refractivity contribution in [2.24, 2.45) is 0 Å². The fraction of sp³-hybridized carbons (Fsp3) is 0.364. The largest absolute Gasteiger partial charge is 0.242 e. The summed E-state index contributed by atoms with van der Waals surface area (Å²) in [7, 11) is 0. The first-order chi connectivity index (χ1) is 6.29. The van der Waals surface area contributed by atoms with Crippen LogP contribution in [0.5, 0.6) is 0 Å². The summed E-state index contributed by atoms with van der Waals surface area (Å²) < 4.78 is 1.30. The summed E-state index contributed by atoms with van der Waals surface area (Å²) in [5, 5.41) is 1.16. The highest BCUT2D eigenvalue weighted by Gasteiger charge is 2.00. The number of aromatic nitrogens is 1. The van der Waals surface area contributed by atoms with Gasteiger partial charge in [-0.15, -0.1) is 11.3 Å². The van der Waals surface area contributed by atoms with Crippen molar-refractivity contribution < 1.29 is 0 Å². The van der Waals surface area contributed by atoms with Gasteiger partial charge in [0.25, 0.3) is 0 Å². The van der Waals surface area contributed by atoms with Crippen LogP contribution in [0.3, 0.4) is 0 Å². The van der Waals surface area contributed by atoms with Crippen molar-refractivity contribution in [2.45, 2.75) is 26.7 Å². The van der Waals surface area contributed by atoms with Gasteiger partial charge in [0.1, 0.15) is 0 Å². The summed E-state index contributed by atoms with van der Waals surface area (Å²) in [6, 6.07) is 6.61. The minimum Gasteiger partial charge on any atom is -0.242 e. The molecule has 0 aliphatic heterocycles. The molecule has 2 rings (SSSR count). The van der Waals surface area contributed by atoms with Gasteiger partial charge in [0, 0.05) is 0 Å². The van der Waals surface area contributed by atoms with Crippen molar-refractivity contribution in [3.05, 3.63) is 28.8 Å². The molecule has 0 aliphatic rings. The minimum absolute atomic E-state index is 1.16. The normalized spacial score (nSPS) is 10.9. The Labute approximate surface area is 82.4 Å². The van der Waals surface area contributed by atoms with Crippen LogP contribution in [-0.2, 0) is 6.42 Å². The lowest BCUT2D eigenvalue weighted by Gasteiger charge is -1.96. The first-order valence-electron chi connectivity index (χ1n) is 4.65. The molecule has 0 atom stereocenters. The van der Waals surface area contributed by atoms with E-state index in [-0.39, 0.29) is 0 Å². The number of thiazole rings is 1. The lowest BCUT2D eigenvalue weighted by Crippen LogP contribution is -1.81. The van der Waals surface area contributed by atoms with E-state index in [2.05, 4.69) is 37.0 Å². The first-order valence-corrected chi connectivity index (χ1v) is 5.47. The zero-order valence-corrected chi connectivity index (χ0v) is 8.82. The van der Waals surface area contributed by atoms with Gasteiger partial charge in [0.2, 0.25) is 0 Å². The Kier molecular flexibility index (Phi) is 2.32. The van der Waals surface area contributed by atoms with E-state index in [4.69, 9.17) is 0 Å². The maximum absolute atomic E-state index is 4.47. The summed E-state index contributed by atoms with van der Waals surface area (Å²) in [5.74, 6) is 0. The Morgan fingerprint density at radius 3 is 3.00 bits per heavy atom. The summed E-state index contributed by atoms with van der Waals surface area (Å²) >= 11 is 1.77. The lowest BCUT2D eigenvalue weighted by molar-refractivity contribution is 0.923. The Hall–Kier alpha value is -0.890. The third-order valence-electron chi connectivity index (χ3n) is 2.10. The van der Waals surface area contributed by atoms with Gasteiger partial charge >= 0.3 is 0 Å². The van der Waals surface area contributed by atoms with Gasteiger partial charge in [-0.05, 0) is 31.0 Å². The molecule has 1 heterocycles. The Balaban J connectivity index is 2.48. The molecular formula is C11H13NS. The fourth-order valence-electron chi connectivity index (χ4n) is 1.53. The molecule has 1 aromatic carbocycles. The van der Waals surface area contributed by atoms with Crippen molar-refractivity contribution in [3.8, 4) is 0 Å². The zero-order valence-electron chi connectivity index (χ0n) is 8.00. The van der Waals surface area contributed by atoms with Gasteiger partial charge in [0.15, 0.2) is 0 Å². The van der Waals surface area contributed by atoms with Gasteiger partial charge in [-0.1, -0.05) is 19.4 Å². The quantitative estimate of drug-likeness (QED) is 0.707. The predicted molar refractivity (Wildman–Crippen MR) is 58.4 cm³/mol. The smallest absolute Gasteiger partial charge is 0.0907 e. The van der Waals surface area contributed by atoms with Crippen LogP contribution in [0.15, 0.2) is 18.2 Å². The molecule has 0 N–H and O–H groups in total. The van der Waals surface area contributed by atoms with Gasteiger partial charge in [0.05, 0.1) is 15.2 Å². The molecule has 0 spiro atoms. The van der Waals surface area contributed by atoms with Gasteiger partial charge in [-0.2, -0.15) is 0 Å². The second kappa shape index (κ2) is 3.46. The summed E-state index contributed by atoms with van der Waals surface area (Å²) in [4.78, 5) is 4.47. The van der Waals surface area contributed by atoms with Crippen LogP contribution in [0.4, 0.5) is 0 Å². The van der Waals surface area contributed by atoms with Crippen molar-refractivity contribution in [1.82, 2.24) is 4.98 Å². The van der Waals surface area contributed by atoms with E-state index < -0.39 is 0 Å². The average Bonchev–Trinajstić information content (AvgIpc) is 2.44. The third kappa shape index (κ3) is 1.73. The molecule has 0 fully saturated rings. The molecule has 0 aliphatic carbocycles. The van der Waals surface area contributed by atoms with E-state index in [9.17, 15) is 0 Å². The standard InChI is InChI=1S/C11H13NS/c1-3-4-9-5-6-11-10(7-9)12-8(2)13-11/h5-7H,3-4H2,1-2H3. The van der Waals surface area contributed by atoms with E-state index in [1.54, 1.807) is 11.3 Å². The average molecular weight is 191 g/mol. The second-order valence-corrected chi connectivity index (χ2v) is 4.52. The molecule has 0 saturated carbocycles. The number of aryl methyl sites for hydroxylation is 2. The van der Waals surface area contributed by atoms with Gasteiger partial charge < -0.3 is 0 Å². The molecule has 0 amide bonds. The molecule has 0 bridgehead atoms. The maximum Gasteiger partial charge on any atom is 0.0907 e. The molecule has 68 valence electrons. The molecule has 0 radical (unpaired) electrons. The number of benzene rings is 1. The summed E-state index contributed by atoms with van der Waals surface area (Å²) in [6.45, 7) is 4.26. The van der Waals surface area contributed by atoms with Crippen LogP contribution in [0.2, 0.25) is 0 Å². The molecule has 1 nitrogen and oxygen atoms in total. The molecule has 0 saturated heterocycles. The number of fused-ring (bicyclic) bond motifs is 1. The van der Waals surface area contributed by atoms with E-state index in [1.165, 1.54) is 16.7 Å². The highest BCUT2D eigenvalue weighted by Crippen LogP contribution is 2.22. The number of rotatable bonds is 2. The third-order valence-corrected chi connectivity index (χ3v) is 3.05. The molecule has 1 aromatic heterocycles. The number of nitrogens with zero attached hydrogens (tertiary/aromatic N) is 1. The first kappa shape index (κ1) is 8.70. The van der Waals surface area contributed by atoms with Crippen LogP contribution >= 0.6 is 11.3 Å². The SMILES string of the molecule is CCCc1ccc2sc(C)nc2c1. The lowest BCUT2D eigenvalue weighted by atomic mass is 10.1. The predicted octanol–water partition coefficient (Wildman–Crippen LogP) is 3.56. The second-order valence-electron chi connectivity index (χ2n) is 3.28. The molecule has 0 unspecified atom stereocenters. The van der Waals surface area contributed by atoms with E-state index in [0.29, 0.717) is 0 Å². The summed E-state index contributed by atoms with van der Waals surface area (Å²) in [6.07, 6.45) is 2.36. The van der Waals surface area contributed by atoms with Crippen LogP contribution in [0.25, 0.3) is 10.2 Å². The highest BCUT2D eigenvalue weighted by molar-refractivity contribution is 7.18. The van der Waals surface area contributed by atoms with E-state index >= 15 is 0 Å². The number of hydrogen-bond donors (Lipinski definition) is 0. The van der Waals surface area contributed by atoms with Gasteiger partial charge in [-0.3, -0.25) is 0 Å². The van der Waals surface area contributed by atoms with Crippen LogP contribution < -0.4 is 0 Å². The maximum atomic E-state index is 4.47. The summed E-state index contributed by atoms with van der Waals surface area (Å²) in [5.41, 5.74) is 2.56. The van der Waals surface area contributed by atoms with Crippen LogP contribution in [0.1, 0.15) is 23.9 Å². The molecule has 13 heavy (non-hydrogen) atoms. The monoisotopic (exact) mass is 191 g/mol. The fourth-order valence-corrected chi connectivity index (χ4v) is 2.34. The molecule has 2 heteroatoms. The highest BCUT2D eigenvalue weighted by atomic mass is 32.1. The topological polar surface area (TPSA) is 12.9 Å². The van der Waals surface area contributed by atoms with Crippen molar-refractivity contribution in [3.63, 3.8) is 0 Å². The van der Waals surface area contributed by atoms with Crippen molar-refractivity contribution in [1.29, 1.82) is 0 Å². The van der Waals surface area contributed by atoms with Gasteiger partial charge in [-0.25, -0.2) is 4.98 Å². The Morgan fingerprint density at radius 1 is 1.38 bits per heavy atom. The molecule has 2 aromatic rings. The minimum atomic E-state index is 1.16. The Morgan fingerprint density at radius 2 is 2.23 bits per heavy atom. The van der Waals surface area contributed by atoms with E-state index in [1.807, 2.05) is 0 Å². The van der Waals surface area contributed by atoms with E-state index in [0.717, 1.165) is 16.9 Å².